The van der Waals surface area contributed by atoms with Crippen molar-refractivity contribution in [2.45, 2.75) is 26.5 Å². The third kappa shape index (κ3) is 5.15. The van der Waals surface area contributed by atoms with E-state index in [1.807, 2.05) is 30.3 Å². The Morgan fingerprint density at radius 1 is 0.963 bits per heavy atom. The molecular formula is C22H20Cl2FNO. The van der Waals surface area contributed by atoms with Crippen LogP contribution in [-0.2, 0) is 19.6 Å². The van der Waals surface area contributed by atoms with E-state index in [1.165, 1.54) is 17.7 Å². The number of para-hydroxylation sites is 1. The molecule has 0 aliphatic heterocycles. The molecule has 0 saturated carbocycles. The highest BCUT2D eigenvalue weighted by Crippen LogP contribution is 2.34. The number of benzene rings is 3. The van der Waals surface area contributed by atoms with Gasteiger partial charge in [0, 0.05) is 22.8 Å². The van der Waals surface area contributed by atoms with Crippen molar-refractivity contribution in [1.82, 2.24) is 0 Å². The highest BCUT2D eigenvalue weighted by Gasteiger charge is 2.12. The van der Waals surface area contributed by atoms with Crippen LogP contribution in [0.15, 0.2) is 60.7 Å². The summed E-state index contributed by atoms with van der Waals surface area (Å²) in [6, 6.07) is 17.9. The topological polar surface area (TPSA) is 21.3 Å². The third-order valence-electron chi connectivity index (χ3n) is 4.23. The molecule has 3 aromatic rings. The first-order valence-corrected chi connectivity index (χ1v) is 9.49. The van der Waals surface area contributed by atoms with E-state index in [2.05, 4.69) is 18.3 Å². The zero-order valence-corrected chi connectivity index (χ0v) is 16.4. The van der Waals surface area contributed by atoms with Gasteiger partial charge in [0.15, 0.2) is 0 Å². The average Bonchev–Trinajstić information content (AvgIpc) is 2.65. The second kappa shape index (κ2) is 9.12. The maximum atomic E-state index is 13.4. The Labute approximate surface area is 168 Å². The summed E-state index contributed by atoms with van der Waals surface area (Å²) in [4.78, 5) is 0. The molecule has 0 radical (unpaired) electrons. The van der Waals surface area contributed by atoms with Gasteiger partial charge in [-0.1, -0.05) is 60.5 Å². The minimum absolute atomic E-state index is 0.220. The Bertz CT molecular complexity index is 930. The van der Waals surface area contributed by atoms with Crippen molar-refractivity contribution in [3.05, 3.63) is 93.2 Å². The third-order valence-corrected chi connectivity index (χ3v) is 4.72. The lowest BCUT2D eigenvalue weighted by molar-refractivity contribution is 0.303. The maximum absolute atomic E-state index is 13.4. The van der Waals surface area contributed by atoms with Crippen LogP contribution in [0, 0.1) is 5.82 Å². The van der Waals surface area contributed by atoms with Crippen LogP contribution in [-0.4, -0.2) is 0 Å². The first-order chi connectivity index (χ1) is 13.1. The summed E-state index contributed by atoms with van der Waals surface area (Å²) in [6.45, 7) is 2.84. The minimum atomic E-state index is -0.295. The predicted octanol–water partition coefficient (Wildman–Crippen LogP) is 6.89. The number of rotatable bonds is 7. The molecule has 0 aliphatic rings. The van der Waals surface area contributed by atoms with Crippen molar-refractivity contribution in [3.8, 4) is 5.75 Å². The molecule has 0 atom stereocenters. The number of hydrogen-bond donors (Lipinski definition) is 1. The largest absolute Gasteiger partial charge is 0.487 e. The van der Waals surface area contributed by atoms with Crippen LogP contribution < -0.4 is 10.1 Å². The second-order valence-electron chi connectivity index (χ2n) is 6.16. The summed E-state index contributed by atoms with van der Waals surface area (Å²) in [5.41, 5.74) is 3.87. The molecule has 0 saturated heterocycles. The van der Waals surface area contributed by atoms with Crippen molar-refractivity contribution < 1.29 is 9.13 Å². The number of halogens is 3. The van der Waals surface area contributed by atoms with Gasteiger partial charge in [0.1, 0.15) is 18.2 Å². The minimum Gasteiger partial charge on any atom is -0.487 e. The zero-order chi connectivity index (χ0) is 19.2. The Balaban J connectivity index is 1.80. The van der Waals surface area contributed by atoms with E-state index in [0.717, 1.165) is 23.2 Å². The van der Waals surface area contributed by atoms with Gasteiger partial charge in [-0.25, -0.2) is 4.39 Å². The van der Waals surface area contributed by atoms with Crippen molar-refractivity contribution in [1.29, 1.82) is 0 Å². The van der Waals surface area contributed by atoms with Gasteiger partial charge in [-0.3, -0.25) is 0 Å². The SMILES string of the molecule is CCc1ccccc1NCc1cc(Cl)cc(Cl)c1OCc1cccc(F)c1. The molecule has 27 heavy (non-hydrogen) atoms. The summed E-state index contributed by atoms with van der Waals surface area (Å²) in [5.74, 6) is 0.253. The predicted molar refractivity (Wildman–Crippen MR) is 110 cm³/mol. The van der Waals surface area contributed by atoms with Crippen molar-refractivity contribution >= 4 is 28.9 Å². The highest BCUT2D eigenvalue weighted by atomic mass is 35.5. The molecule has 1 N–H and O–H groups in total. The first kappa shape index (κ1) is 19.5. The highest BCUT2D eigenvalue weighted by molar-refractivity contribution is 6.35. The summed E-state index contributed by atoms with van der Waals surface area (Å²) < 4.78 is 19.3. The molecule has 0 amide bonds. The molecule has 0 aliphatic carbocycles. The molecule has 2 nitrogen and oxygen atoms in total. The maximum Gasteiger partial charge on any atom is 0.143 e. The number of ether oxygens (including phenoxy) is 1. The van der Waals surface area contributed by atoms with Gasteiger partial charge in [0.2, 0.25) is 0 Å². The molecule has 0 aromatic heterocycles. The molecule has 0 fully saturated rings. The number of aryl methyl sites for hydroxylation is 1. The van der Waals surface area contributed by atoms with Crippen LogP contribution in [0.2, 0.25) is 10.0 Å². The van der Waals surface area contributed by atoms with Gasteiger partial charge < -0.3 is 10.1 Å². The van der Waals surface area contributed by atoms with Crippen molar-refractivity contribution in [3.63, 3.8) is 0 Å². The summed E-state index contributed by atoms with van der Waals surface area (Å²) in [7, 11) is 0. The number of hydrogen-bond acceptors (Lipinski definition) is 2. The summed E-state index contributed by atoms with van der Waals surface area (Å²) in [6.07, 6.45) is 0.933. The van der Waals surface area contributed by atoms with Crippen LogP contribution in [0.25, 0.3) is 0 Å². The molecular weight excluding hydrogens is 384 g/mol. The van der Waals surface area contributed by atoms with Gasteiger partial charge in [-0.2, -0.15) is 0 Å². The van der Waals surface area contributed by atoms with Crippen molar-refractivity contribution in [2.24, 2.45) is 0 Å². The fraction of sp³-hybridized carbons (Fsp3) is 0.182. The van der Waals surface area contributed by atoms with E-state index in [-0.39, 0.29) is 12.4 Å². The zero-order valence-electron chi connectivity index (χ0n) is 14.9. The normalized spacial score (nSPS) is 10.7. The van der Waals surface area contributed by atoms with E-state index in [4.69, 9.17) is 27.9 Å². The second-order valence-corrected chi connectivity index (χ2v) is 7.00. The van der Waals surface area contributed by atoms with Gasteiger partial charge in [-0.15, -0.1) is 0 Å². The van der Waals surface area contributed by atoms with E-state index in [9.17, 15) is 4.39 Å². The fourth-order valence-electron chi connectivity index (χ4n) is 2.88. The molecule has 0 spiro atoms. The van der Waals surface area contributed by atoms with Gasteiger partial charge in [-0.05, 0) is 47.9 Å². The van der Waals surface area contributed by atoms with Crippen molar-refractivity contribution in [2.75, 3.05) is 5.32 Å². The van der Waals surface area contributed by atoms with Crippen LogP contribution in [0.3, 0.4) is 0 Å². The van der Waals surface area contributed by atoms with Gasteiger partial charge in [0.05, 0.1) is 5.02 Å². The fourth-order valence-corrected chi connectivity index (χ4v) is 3.47. The molecule has 0 bridgehead atoms. The molecule has 0 unspecified atom stereocenters. The van der Waals surface area contributed by atoms with Gasteiger partial charge >= 0.3 is 0 Å². The van der Waals surface area contributed by atoms with E-state index in [0.29, 0.717) is 22.3 Å². The Kier molecular flexibility index (Phi) is 6.59. The van der Waals surface area contributed by atoms with Crippen LogP contribution in [0.1, 0.15) is 23.6 Å². The van der Waals surface area contributed by atoms with E-state index in [1.54, 1.807) is 12.1 Å². The Morgan fingerprint density at radius 2 is 1.78 bits per heavy atom. The van der Waals surface area contributed by atoms with Gasteiger partial charge in [0.25, 0.3) is 0 Å². The van der Waals surface area contributed by atoms with Crippen LogP contribution in [0.4, 0.5) is 10.1 Å². The molecule has 5 heteroatoms. The number of nitrogens with one attached hydrogen (secondary N) is 1. The quantitative estimate of drug-likeness (QED) is 0.463. The van der Waals surface area contributed by atoms with Crippen LogP contribution >= 0.6 is 23.2 Å². The summed E-state index contributed by atoms with van der Waals surface area (Å²) in [5, 5.41) is 4.40. The lowest BCUT2D eigenvalue weighted by atomic mass is 10.1. The molecule has 3 rings (SSSR count). The van der Waals surface area contributed by atoms with Crippen LogP contribution in [0.5, 0.6) is 5.75 Å². The molecule has 0 heterocycles. The van der Waals surface area contributed by atoms with E-state index < -0.39 is 0 Å². The lowest BCUT2D eigenvalue weighted by Gasteiger charge is -2.16. The first-order valence-electron chi connectivity index (χ1n) is 8.73. The lowest BCUT2D eigenvalue weighted by Crippen LogP contribution is -2.06. The Hall–Kier alpha value is -2.23. The summed E-state index contributed by atoms with van der Waals surface area (Å²) >= 11 is 12.5. The molecule has 140 valence electrons. The smallest absolute Gasteiger partial charge is 0.143 e. The van der Waals surface area contributed by atoms with E-state index >= 15 is 0 Å². The number of anilines is 1. The average molecular weight is 404 g/mol. The standard InChI is InChI=1S/C22H20Cl2FNO/c1-2-16-7-3-4-9-21(16)26-13-17-11-18(23)12-20(24)22(17)27-14-15-6-5-8-19(25)10-15/h3-12,26H,2,13-14H2,1H3. The molecule has 3 aromatic carbocycles. The Morgan fingerprint density at radius 3 is 2.56 bits per heavy atom. The monoisotopic (exact) mass is 403 g/mol.